The maximum Gasteiger partial charge on any atom is 0.228 e. The van der Waals surface area contributed by atoms with E-state index in [4.69, 9.17) is 10.5 Å². The number of carbonyl (C=O) groups excluding carboxylic acids is 1. The number of ether oxygens (including phenoxy) is 1. The van der Waals surface area contributed by atoms with Crippen molar-refractivity contribution in [3.63, 3.8) is 0 Å². The van der Waals surface area contributed by atoms with Crippen molar-refractivity contribution in [1.29, 1.82) is 0 Å². The monoisotopic (exact) mass is 343 g/mol. The molecule has 1 saturated heterocycles. The first-order chi connectivity index (χ1) is 12.1. The van der Waals surface area contributed by atoms with Crippen LogP contribution in [0.1, 0.15) is 18.4 Å². The second-order valence-electron chi connectivity index (χ2n) is 6.18. The third kappa shape index (κ3) is 4.93. The number of carbonyl (C=O) groups is 1. The van der Waals surface area contributed by atoms with Crippen molar-refractivity contribution in [2.24, 2.45) is 0 Å². The first-order valence-corrected chi connectivity index (χ1v) is 8.39. The van der Waals surface area contributed by atoms with Gasteiger partial charge in [0.05, 0.1) is 18.2 Å². The maximum atomic E-state index is 14.2. The number of hydrogen-bond donors (Lipinski definition) is 3. The quantitative estimate of drug-likeness (QED) is 0.704. The molecule has 2 aromatic rings. The summed E-state index contributed by atoms with van der Waals surface area (Å²) in [6, 6.07) is 11.7. The van der Waals surface area contributed by atoms with Crippen LogP contribution in [0.3, 0.4) is 0 Å². The Bertz CT molecular complexity index is 728. The number of amides is 1. The van der Waals surface area contributed by atoms with Crippen molar-refractivity contribution >= 4 is 23.0 Å². The predicted molar refractivity (Wildman–Crippen MR) is 97.1 cm³/mol. The molecular weight excluding hydrogens is 321 g/mol. The number of benzene rings is 2. The van der Waals surface area contributed by atoms with E-state index < -0.39 is 5.82 Å². The Morgan fingerprint density at radius 3 is 2.72 bits per heavy atom. The van der Waals surface area contributed by atoms with Crippen molar-refractivity contribution in [3.05, 3.63) is 53.8 Å². The maximum absolute atomic E-state index is 14.2. The fourth-order valence-electron chi connectivity index (χ4n) is 2.79. The lowest BCUT2D eigenvalue weighted by Crippen LogP contribution is -2.19. The molecule has 3 rings (SSSR count). The third-order valence-corrected chi connectivity index (χ3v) is 4.14. The normalized spacial score (nSPS) is 16.6. The van der Waals surface area contributed by atoms with E-state index in [9.17, 15) is 9.18 Å². The Labute approximate surface area is 146 Å². The summed E-state index contributed by atoms with van der Waals surface area (Å²) < 4.78 is 19.7. The lowest BCUT2D eigenvalue weighted by atomic mass is 10.1. The van der Waals surface area contributed by atoms with Crippen molar-refractivity contribution < 1.29 is 13.9 Å². The van der Waals surface area contributed by atoms with E-state index in [0.717, 1.165) is 25.0 Å². The topological polar surface area (TPSA) is 76.4 Å². The number of nitrogens with one attached hydrogen (secondary N) is 2. The Hall–Kier alpha value is -2.60. The SMILES string of the molecule is Nc1ccc(CC(=O)Nc2ccc(NCC3CCCO3)c(F)c2)cc1. The van der Waals surface area contributed by atoms with E-state index in [1.165, 1.54) is 6.07 Å². The summed E-state index contributed by atoms with van der Waals surface area (Å²) >= 11 is 0. The third-order valence-electron chi connectivity index (χ3n) is 4.14. The molecule has 1 atom stereocenters. The average Bonchev–Trinajstić information content (AvgIpc) is 3.10. The van der Waals surface area contributed by atoms with Gasteiger partial charge in [-0.05, 0) is 48.7 Å². The van der Waals surface area contributed by atoms with Gasteiger partial charge in [-0.2, -0.15) is 0 Å². The molecule has 25 heavy (non-hydrogen) atoms. The Morgan fingerprint density at radius 2 is 2.04 bits per heavy atom. The van der Waals surface area contributed by atoms with Crippen molar-refractivity contribution in [1.82, 2.24) is 0 Å². The van der Waals surface area contributed by atoms with Crippen LogP contribution in [0.5, 0.6) is 0 Å². The molecule has 0 bridgehead atoms. The first-order valence-electron chi connectivity index (χ1n) is 8.39. The molecule has 0 spiro atoms. The van der Waals surface area contributed by atoms with E-state index in [1.54, 1.807) is 36.4 Å². The number of nitrogen functional groups attached to an aromatic ring is 1. The molecule has 1 aliphatic rings. The number of halogens is 1. The van der Waals surface area contributed by atoms with Crippen LogP contribution in [0.4, 0.5) is 21.5 Å². The molecule has 6 heteroatoms. The molecule has 5 nitrogen and oxygen atoms in total. The predicted octanol–water partition coefficient (Wildman–Crippen LogP) is 3.18. The molecule has 1 unspecified atom stereocenters. The molecule has 0 saturated carbocycles. The highest BCUT2D eigenvalue weighted by atomic mass is 19.1. The van der Waals surface area contributed by atoms with Crippen LogP contribution in [-0.2, 0) is 16.0 Å². The molecule has 1 heterocycles. The van der Waals surface area contributed by atoms with E-state index >= 15 is 0 Å². The molecule has 4 N–H and O–H groups in total. The lowest BCUT2D eigenvalue weighted by molar-refractivity contribution is -0.115. The van der Waals surface area contributed by atoms with Gasteiger partial charge in [0, 0.05) is 24.5 Å². The fourth-order valence-corrected chi connectivity index (χ4v) is 2.79. The van der Waals surface area contributed by atoms with Crippen LogP contribution in [0.2, 0.25) is 0 Å². The summed E-state index contributed by atoms with van der Waals surface area (Å²) in [5, 5.41) is 5.76. The minimum atomic E-state index is -0.400. The second kappa shape index (κ2) is 7.98. The van der Waals surface area contributed by atoms with Crippen molar-refractivity contribution in [2.45, 2.75) is 25.4 Å². The minimum Gasteiger partial charge on any atom is -0.399 e. The summed E-state index contributed by atoms with van der Waals surface area (Å²) in [4.78, 5) is 12.1. The van der Waals surface area contributed by atoms with Gasteiger partial charge >= 0.3 is 0 Å². The summed E-state index contributed by atoms with van der Waals surface area (Å²) in [6.45, 7) is 1.35. The molecule has 132 valence electrons. The Balaban J connectivity index is 1.54. The van der Waals surface area contributed by atoms with Crippen molar-refractivity contribution in [3.8, 4) is 0 Å². The number of rotatable bonds is 6. The molecule has 1 amide bonds. The van der Waals surface area contributed by atoms with E-state index in [2.05, 4.69) is 10.6 Å². The molecule has 1 fully saturated rings. The smallest absolute Gasteiger partial charge is 0.228 e. The van der Waals surface area contributed by atoms with Crippen LogP contribution in [0, 0.1) is 5.82 Å². The number of anilines is 3. The summed E-state index contributed by atoms with van der Waals surface area (Å²) in [5.41, 5.74) is 7.96. The summed E-state index contributed by atoms with van der Waals surface area (Å²) in [6.07, 6.45) is 2.39. The van der Waals surface area contributed by atoms with Gasteiger partial charge in [-0.3, -0.25) is 4.79 Å². The van der Waals surface area contributed by atoms with Gasteiger partial charge in [0.1, 0.15) is 5.82 Å². The average molecular weight is 343 g/mol. The highest BCUT2D eigenvalue weighted by Gasteiger charge is 2.15. The summed E-state index contributed by atoms with van der Waals surface area (Å²) in [7, 11) is 0. The molecular formula is C19H22FN3O2. The Kier molecular flexibility index (Phi) is 5.50. The zero-order chi connectivity index (χ0) is 17.6. The highest BCUT2D eigenvalue weighted by Crippen LogP contribution is 2.20. The van der Waals surface area contributed by atoms with Crippen LogP contribution >= 0.6 is 0 Å². The van der Waals surface area contributed by atoms with Gasteiger partial charge in [0.2, 0.25) is 5.91 Å². The largest absolute Gasteiger partial charge is 0.399 e. The zero-order valence-corrected chi connectivity index (χ0v) is 13.9. The summed E-state index contributed by atoms with van der Waals surface area (Å²) in [5.74, 6) is -0.604. The lowest BCUT2D eigenvalue weighted by Gasteiger charge is -2.13. The number of nitrogens with two attached hydrogens (primary N) is 1. The Morgan fingerprint density at radius 1 is 1.24 bits per heavy atom. The second-order valence-corrected chi connectivity index (χ2v) is 6.18. The van der Waals surface area contributed by atoms with Gasteiger partial charge in [-0.15, -0.1) is 0 Å². The van der Waals surface area contributed by atoms with Crippen LogP contribution in [-0.4, -0.2) is 25.2 Å². The highest BCUT2D eigenvalue weighted by molar-refractivity contribution is 5.92. The molecule has 1 aliphatic heterocycles. The van der Waals surface area contributed by atoms with Crippen LogP contribution in [0.25, 0.3) is 0 Å². The molecule has 0 aliphatic carbocycles. The van der Waals surface area contributed by atoms with Gasteiger partial charge in [-0.25, -0.2) is 4.39 Å². The molecule has 0 aromatic heterocycles. The zero-order valence-electron chi connectivity index (χ0n) is 13.9. The van der Waals surface area contributed by atoms with Gasteiger partial charge in [0.15, 0.2) is 0 Å². The van der Waals surface area contributed by atoms with Crippen molar-refractivity contribution in [2.75, 3.05) is 29.5 Å². The van der Waals surface area contributed by atoms with Gasteiger partial charge in [-0.1, -0.05) is 12.1 Å². The molecule has 2 aromatic carbocycles. The fraction of sp³-hybridized carbons (Fsp3) is 0.316. The van der Waals surface area contributed by atoms with Crippen LogP contribution in [0.15, 0.2) is 42.5 Å². The van der Waals surface area contributed by atoms with Gasteiger partial charge < -0.3 is 21.1 Å². The standard InChI is InChI=1S/C19H22FN3O2/c20-17-11-15(7-8-18(17)22-12-16-2-1-9-25-16)23-19(24)10-13-3-5-14(21)6-4-13/h3-8,11,16,22H,1-2,9-10,12,21H2,(H,23,24). The van der Waals surface area contributed by atoms with E-state index in [0.29, 0.717) is 23.6 Å². The van der Waals surface area contributed by atoms with Gasteiger partial charge in [0.25, 0.3) is 0 Å². The van der Waals surface area contributed by atoms with E-state index in [-0.39, 0.29) is 18.4 Å². The number of hydrogen-bond acceptors (Lipinski definition) is 4. The molecule has 0 radical (unpaired) electrons. The van der Waals surface area contributed by atoms with E-state index in [1.807, 2.05) is 0 Å². The first kappa shape index (κ1) is 17.2. The van der Waals surface area contributed by atoms with Crippen LogP contribution < -0.4 is 16.4 Å². The minimum absolute atomic E-state index is 0.138.